The highest BCUT2D eigenvalue weighted by atomic mass is 32.2. The Kier molecular flexibility index (Phi) is 5.54. The second kappa shape index (κ2) is 8.04. The Balaban J connectivity index is 1.96. The van der Waals surface area contributed by atoms with Gasteiger partial charge in [-0.15, -0.1) is 23.5 Å². The first kappa shape index (κ1) is 15.2. The van der Waals surface area contributed by atoms with Crippen LogP contribution < -0.4 is 0 Å². The molecule has 1 heterocycles. The maximum absolute atomic E-state index is 3.42. The van der Waals surface area contributed by atoms with Crippen LogP contribution in [0.2, 0.25) is 0 Å². The molecule has 0 unspecified atom stereocenters. The van der Waals surface area contributed by atoms with Gasteiger partial charge in [-0.1, -0.05) is 60.1 Å². The molecule has 2 aromatic carbocycles. The van der Waals surface area contributed by atoms with Gasteiger partial charge in [0.05, 0.1) is 11.5 Å². The van der Waals surface area contributed by atoms with Crippen LogP contribution in [0.15, 0.2) is 48.5 Å². The molecule has 3 rings (SSSR count). The lowest BCUT2D eigenvalue weighted by molar-refractivity contribution is 1.30. The molecular weight excluding hydrogens is 304 g/mol. The Bertz CT molecular complexity index is 723. The summed E-state index contributed by atoms with van der Waals surface area (Å²) in [5.41, 5.74) is 4.93. The molecule has 0 amide bonds. The Hall–Kier alpha value is -1.74. The molecule has 0 saturated carbocycles. The molecule has 1 aliphatic rings. The molecule has 2 heteroatoms. The summed E-state index contributed by atoms with van der Waals surface area (Å²) in [4.78, 5) is 0. The SMILES string of the molecule is C1#CCSCc2cccc(c2C#Cc2ccccc2)CSC1. The molecule has 1 aliphatic heterocycles. The maximum Gasteiger partial charge on any atom is 0.0551 e. The average Bonchev–Trinajstić information content (AvgIpc) is 2.58. The lowest BCUT2D eigenvalue weighted by Crippen LogP contribution is -1.95. The molecule has 0 radical (unpaired) electrons. The maximum atomic E-state index is 3.42. The Morgan fingerprint density at radius 3 is 2.00 bits per heavy atom. The number of hydrogen-bond donors (Lipinski definition) is 0. The summed E-state index contributed by atoms with van der Waals surface area (Å²) in [5.74, 6) is 16.9. The molecule has 0 fully saturated rings. The zero-order valence-corrected chi connectivity index (χ0v) is 13.9. The van der Waals surface area contributed by atoms with Crippen molar-refractivity contribution in [2.45, 2.75) is 11.5 Å². The summed E-state index contributed by atoms with van der Waals surface area (Å²) in [6.45, 7) is 0. The van der Waals surface area contributed by atoms with Gasteiger partial charge < -0.3 is 0 Å². The number of hydrogen-bond acceptors (Lipinski definition) is 2. The highest BCUT2D eigenvalue weighted by Crippen LogP contribution is 2.23. The van der Waals surface area contributed by atoms with Gasteiger partial charge in [0.25, 0.3) is 0 Å². The minimum absolute atomic E-state index is 0.899. The third kappa shape index (κ3) is 4.14. The van der Waals surface area contributed by atoms with Crippen molar-refractivity contribution in [2.24, 2.45) is 0 Å². The molecule has 0 aromatic heterocycles. The van der Waals surface area contributed by atoms with E-state index in [1.54, 1.807) is 0 Å². The average molecular weight is 320 g/mol. The minimum Gasteiger partial charge on any atom is -0.144 e. The predicted molar refractivity (Wildman–Crippen MR) is 99.0 cm³/mol. The lowest BCUT2D eigenvalue weighted by atomic mass is 10.0. The van der Waals surface area contributed by atoms with E-state index < -0.39 is 0 Å². The van der Waals surface area contributed by atoms with Crippen molar-refractivity contribution in [3.63, 3.8) is 0 Å². The topological polar surface area (TPSA) is 0 Å². The van der Waals surface area contributed by atoms with E-state index in [1.807, 2.05) is 41.7 Å². The third-order valence-electron chi connectivity index (χ3n) is 3.33. The fraction of sp³-hybridized carbons (Fsp3) is 0.200. The standard InChI is InChI=1S/C20H16S2/c1-2-7-17(8-3-1)11-12-20-18-9-6-10-19(20)16-22-14-5-4-13-21-15-18/h1-3,6-10H,13-16H2. The summed E-state index contributed by atoms with van der Waals surface area (Å²) in [5, 5.41) is 0. The first-order chi connectivity index (χ1) is 10.9. The normalized spacial score (nSPS) is 13.8. The Labute approximate surface area is 141 Å². The van der Waals surface area contributed by atoms with Gasteiger partial charge in [0.15, 0.2) is 0 Å². The van der Waals surface area contributed by atoms with Crippen LogP contribution in [-0.4, -0.2) is 11.5 Å². The van der Waals surface area contributed by atoms with Crippen molar-refractivity contribution in [2.75, 3.05) is 11.5 Å². The smallest absolute Gasteiger partial charge is 0.0551 e. The molecule has 0 N–H and O–H groups in total. The highest BCUT2D eigenvalue weighted by molar-refractivity contribution is 7.99. The van der Waals surface area contributed by atoms with Crippen molar-refractivity contribution in [3.05, 3.63) is 70.8 Å². The second-order valence-corrected chi connectivity index (χ2v) is 6.88. The number of benzene rings is 2. The van der Waals surface area contributed by atoms with Gasteiger partial charge in [0, 0.05) is 22.6 Å². The van der Waals surface area contributed by atoms with E-state index in [4.69, 9.17) is 0 Å². The largest absolute Gasteiger partial charge is 0.144 e. The summed E-state index contributed by atoms with van der Waals surface area (Å²) in [7, 11) is 0. The third-order valence-corrected chi connectivity index (χ3v) is 5.06. The molecular formula is C20H16S2. The van der Waals surface area contributed by atoms with Crippen LogP contribution in [0.3, 0.4) is 0 Å². The quantitative estimate of drug-likeness (QED) is 0.652. The molecule has 0 atom stereocenters. The van der Waals surface area contributed by atoms with Crippen LogP contribution in [-0.2, 0) is 11.5 Å². The summed E-state index contributed by atoms with van der Waals surface area (Å²) < 4.78 is 0. The fourth-order valence-corrected chi connectivity index (χ4v) is 3.77. The van der Waals surface area contributed by atoms with Crippen LogP contribution in [0.5, 0.6) is 0 Å². The lowest BCUT2D eigenvalue weighted by Gasteiger charge is -2.09. The van der Waals surface area contributed by atoms with Crippen molar-refractivity contribution in [1.29, 1.82) is 0 Å². The molecule has 0 spiro atoms. The van der Waals surface area contributed by atoms with E-state index in [2.05, 4.69) is 54.0 Å². The van der Waals surface area contributed by atoms with E-state index in [-0.39, 0.29) is 0 Å². The monoisotopic (exact) mass is 320 g/mol. The molecule has 0 nitrogen and oxygen atoms in total. The van der Waals surface area contributed by atoms with Crippen molar-refractivity contribution >= 4 is 23.5 Å². The second-order valence-electron chi connectivity index (χ2n) is 4.91. The van der Waals surface area contributed by atoms with Gasteiger partial charge in [-0.2, -0.15) is 0 Å². The van der Waals surface area contributed by atoms with E-state index in [0.29, 0.717) is 0 Å². The van der Waals surface area contributed by atoms with Gasteiger partial charge in [-0.05, 0) is 23.3 Å². The van der Waals surface area contributed by atoms with Gasteiger partial charge in [-0.25, -0.2) is 0 Å². The van der Waals surface area contributed by atoms with Crippen molar-refractivity contribution in [3.8, 4) is 23.7 Å². The zero-order chi connectivity index (χ0) is 15.0. The van der Waals surface area contributed by atoms with Crippen LogP contribution >= 0.6 is 23.5 Å². The Morgan fingerprint density at radius 1 is 0.727 bits per heavy atom. The van der Waals surface area contributed by atoms with Gasteiger partial charge in [0.2, 0.25) is 0 Å². The molecule has 108 valence electrons. The van der Waals surface area contributed by atoms with E-state index in [9.17, 15) is 0 Å². The highest BCUT2D eigenvalue weighted by Gasteiger charge is 2.07. The molecule has 0 aliphatic carbocycles. The van der Waals surface area contributed by atoms with Crippen molar-refractivity contribution < 1.29 is 0 Å². The summed E-state index contributed by atoms with van der Waals surface area (Å²) >= 11 is 3.74. The summed E-state index contributed by atoms with van der Waals surface area (Å²) in [6, 6.07) is 16.7. The molecule has 22 heavy (non-hydrogen) atoms. The zero-order valence-electron chi connectivity index (χ0n) is 12.3. The van der Waals surface area contributed by atoms with Gasteiger partial charge >= 0.3 is 0 Å². The number of rotatable bonds is 0. The van der Waals surface area contributed by atoms with Crippen LogP contribution in [0, 0.1) is 23.7 Å². The van der Waals surface area contributed by atoms with E-state index >= 15 is 0 Å². The van der Waals surface area contributed by atoms with E-state index in [0.717, 1.165) is 28.6 Å². The first-order valence-electron chi connectivity index (χ1n) is 7.22. The predicted octanol–water partition coefficient (Wildman–Crippen LogP) is 4.57. The summed E-state index contributed by atoms with van der Waals surface area (Å²) in [6.07, 6.45) is 0. The minimum atomic E-state index is 0.899. The van der Waals surface area contributed by atoms with Crippen LogP contribution in [0.4, 0.5) is 0 Å². The molecule has 0 saturated heterocycles. The number of fused-ring (bicyclic) bond motifs is 2. The van der Waals surface area contributed by atoms with Crippen molar-refractivity contribution in [1.82, 2.24) is 0 Å². The van der Waals surface area contributed by atoms with Crippen LogP contribution in [0.25, 0.3) is 0 Å². The number of thioether (sulfide) groups is 2. The first-order valence-corrected chi connectivity index (χ1v) is 9.53. The van der Waals surface area contributed by atoms with Crippen LogP contribution in [0.1, 0.15) is 22.3 Å². The fourth-order valence-electron chi connectivity index (χ4n) is 2.24. The Morgan fingerprint density at radius 2 is 1.36 bits per heavy atom. The van der Waals surface area contributed by atoms with E-state index in [1.165, 1.54) is 16.7 Å². The molecule has 2 bridgehead atoms. The molecule has 2 aromatic rings. The van der Waals surface area contributed by atoms with Gasteiger partial charge in [0.1, 0.15) is 0 Å². The van der Waals surface area contributed by atoms with Gasteiger partial charge in [-0.3, -0.25) is 0 Å².